The summed E-state index contributed by atoms with van der Waals surface area (Å²) in [7, 11) is 0. The maximum absolute atomic E-state index is 5.97. The van der Waals surface area contributed by atoms with E-state index in [4.69, 9.17) is 4.74 Å². The SMILES string of the molecule is C1CCCC(NCCOC2CCCCC2)CCC1. The van der Waals surface area contributed by atoms with Crippen LogP contribution in [0, 0.1) is 0 Å². The van der Waals surface area contributed by atoms with Crippen molar-refractivity contribution in [2.45, 2.75) is 89.2 Å². The van der Waals surface area contributed by atoms with Crippen molar-refractivity contribution in [3.8, 4) is 0 Å². The van der Waals surface area contributed by atoms with Crippen LogP contribution in [-0.4, -0.2) is 25.3 Å². The zero-order valence-electron chi connectivity index (χ0n) is 12.0. The predicted molar refractivity (Wildman–Crippen MR) is 76.9 cm³/mol. The Morgan fingerprint density at radius 1 is 0.722 bits per heavy atom. The molecule has 2 aliphatic carbocycles. The lowest BCUT2D eigenvalue weighted by Crippen LogP contribution is -2.33. The second-order valence-electron chi connectivity index (χ2n) is 6.13. The van der Waals surface area contributed by atoms with Crippen molar-refractivity contribution in [3.63, 3.8) is 0 Å². The fourth-order valence-electron chi connectivity index (χ4n) is 3.38. The van der Waals surface area contributed by atoms with Crippen LogP contribution in [0.3, 0.4) is 0 Å². The predicted octanol–water partition coefficient (Wildman–Crippen LogP) is 4.04. The molecule has 2 saturated carbocycles. The van der Waals surface area contributed by atoms with Gasteiger partial charge in [-0.25, -0.2) is 0 Å². The number of nitrogens with one attached hydrogen (secondary N) is 1. The van der Waals surface area contributed by atoms with Crippen molar-refractivity contribution in [2.24, 2.45) is 0 Å². The molecule has 2 fully saturated rings. The number of rotatable bonds is 5. The minimum atomic E-state index is 0.567. The second kappa shape index (κ2) is 8.92. The van der Waals surface area contributed by atoms with Crippen LogP contribution in [0.2, 0.25) is 0 Å². The molecule has 0 aromatic carbocycles. The summed E-state index contributed by atoms with van der Waals surface area (Å²) in [6.07, 6.45) is 17.3. The Hall–Kier alpha value is -0.0800. The van der Waals surface area contributed by atoms with E-state index in [0.29, 0.717) is 6.10 Å². The summed E-state index contributed by atoms with van der Waals surface area (Å²) < 4.78 is 5.97. The van der Waals surface area contributed by atoms with Crippen molar-refractivity contribution in [2.75, 3.05) is 13.2 Å². The van der Waals surface area contributed by atoms with Crippen LogP contribution in [0.15, 0.2) is 0 Å². The molecule has 0 amide bonds. The Morgan fingerprint density at radius 3 is 2.00 bits per heavy atom. The van der Waals surface area contributed by atoms with Crippen molar-refractivity contribution in [1.29, 1.82) is 0 Å². The third-order valence-electron chi connectivity index (χ3n) is 4.55. The molecule has 0 radical (unpaired) electrons. The van der Waals surface area contributed by atoms with Crippen molar-refractivity contribution >= 4 is 0 Å². The molecule has 0 aromatic heterocycles. The fraction of sp³-hybridized carbons (Fsp3) is 1.00. The maximum Gasteiger partial charge on any atom is 0.0594 e. The molecule has 18 heavy (non-hydrogen) atoms. The highest BCUT2D eigenvalue weighted by Gasteiger charge is 2.14. The number of hydrogen-bond acceptors (Lipinski definition) is 2. The van der Waals surface area contributed by atoms with Gasteiger partial charge in [-0.2, -0.15) is 0 Å². The molecule has 0 aromatic rings. The van der Waals surface area contributed by atoms with Crippen LogP contribution in [0.5, 0.6) is 0 Å². The van der Waals surface area contributed by atoms with E-state index in [-0.39, 0.29) is 0 Å². The van der Waals surface area contributed by atoms with Gasteiger partial charge in [0.15, 0.2) is 0 Å². The van der Waals surface area contributed by atoms with E-state index in [1.807, 2.05) is 0 Å². The summed E-state index contributed by atoms with van der Waals surface area (Å²) in [4.78, 5) is 0. The molecule has 0 saturated heterocycles. The number of hydrogen-bond donors (Lipinski definition) is 1. The topological polar surface area (TPSA) is 21.3 Å². The first-order valence-electron chi connectivity index (χ1n) is 8.30. The van der Waals surface area contributed by atoms with Crippen LogP contribution < -0.4 is 5.32 Å². The zero-order valence-corrected chi connectivity index (χ0v) is 12.0. The van der Waals surface area contributed by atoms with Crippen LogP contribution >= 0.6 is 0 Å². The minimum Gasteiger partial charge on any atom is -0.377 e. The molecule has 2 rings (SSSR count). The molecule has 0 atom stereocenters. The standard InChI is InChI=1S/C16H31NO/c1-2-5-9-15(10-6-3-1)17-13-14-18-16-11-7-4-8-12-16/h15-17H,1-14H2. The normalized spacial score (nSPS) is 24.7. The first-order valence-corrected chi connectivity index (χ1v) is 8.30. The summed E-state index contributed by atoms with van der Waals surface area (Å²) in [5, 5.41) is 3.70. The van der Waals surface area contributed by atoms with Gasteiger partial charge in [-0.15, -0.1) is 0 Å². The molecule has 106 valence electrons. The van der Waals surface area contributed by atoms with Crippen LogP contribution in [0.1, 0.15) is 77.0 Å². The average molecular weight is 253 g/mol. The lowest BCUT2D eigenvalue weighted by molar-refractivity contribution is 0.0291. The van der Waals surface area contributed by atoms with Gasteiger partial charge in [-0.1, -0.05) is 51.4 Å². The Balaban J connectivity index is 1.50. The van der Waals surface area contributed by atoms with E-state index in [1.165, 1.54) is 77.0 Å². The largest absolute Gasteiger partial charge is 0.377 e. The van der Waals surface area contributed by atoms with Gasteiger partial charge in [0.25, 0.3) is 0 Å². The van der Waals surface area contributed by atoms with Crippen molar-refractivity contribution in [1.82, 2.24) is 5.32 Å². The fourth-order valence-corrected chi connectivity index (χ4v) is 3.38. The van der Waals surface area contributed by atoms with Gasteiger partial charge in [-0.3, -0.25) is 0 Å². The molecule has 0 aliphatic heterocycles. The lowest BCUT2D eigenvalue weighted by atomic mass is 9.97. The van der Waals surface area contributed by atoms with E-state index < -0.39 is 0 Å². The molecule has 0 heterocycles. The van der Waals surface area contributed by atoms with E-state index in [2.05, 4.69) is 5.32 Å². The van der Waals surface area contributed by atoms with Gasteiger partial charge in [-0.05, 0) is 25.7 Å². The highest BCUT2D eigenvalue weighted by atomic mass is 16.5. The smallest absolute Gasteiger partial charge is 0.0594 e. The van der Waals surface area contributed by atoms with Gasteiger partial charge in [0.05, 0.1) is 12.7 Å². The van der Waals surface area contributed by atoms with E-state index in [0.717, 1.165) is 19.2 Å². The quantitative estimate of drug-likeness (QED) is 0.747. The number of ether oxygens (including phenoxy) is 1. The Morgan fingerprint density at radius 2 is 1.28 bits per heavy atom. The minimum absolute atomic E-state index is 0.567. The first kappa shape index (κ1) is 14.3. The van der Waals surface area contributed by atoms with Gasteiger partial charge >= 0.3 is 0 Å². The Labute approximate surface area is 113 Å². The molecule has 0 bridgehead atoms. The molecule has 0 unspecified atom stereocenters. The Kier molecular flexibility index (Phi) is 7.11. The molecule has 2 heteroatoms. The molecule has 2 nitrogen and oxygen atoms in total. The van der Waals surface area contributed by atoms with Crippen LogP contribution in [-0.2, 0) is 4.74 Å². The van der Waals surface area contributed by atoms with Crippen LogP contribution in [0.25, 0.3) is 0 Å². The van der Waals surface area contributed by atoms with Gasteiger partial charge in [0.1, 0.15) is 0 Å². The molecular formula is C16H31NO. The summed E-state index contributed by atoms with van der Waals surface area (Å²) in [6, 6.07) is 0.764. The maximum atomic E-state index is 5.97. The first-order chi connectivity index (χ1) is 8.95. The molecule has 2 aliphatic rings. The highest BCUT2D eigenvalue weighted by Crippen LogP contribution is 2.20. The highest BCUT2D eigenvalue weighted by molar-refractivity contribution is 4.70. The van der Waals surface area contributed by atoms with E-state index >= 15 is 0 Å². The van der Waals surface area contributed by atoms with Gasteiger partial charge in [0.2, 0.25) is 0 Å². The van der Waals surface area contributed by atoms with Crippen molar-refractivity contribution in [3.05, 3.63) is 0 Å². The molecular weight excluding hydrogens is 222 g/mol. The zero-order chi connectivity index (χ0) is 12.5. The summed E-state index contributed by atoms with van der Waals surface area (Å²) >= 11 is 0. The monoisotopic (exact) mass is 253 g/mol. The summed E-state index contributed by atoms with van der Waals surface area (Å²) in [6.45, 7) is 1.97. The van der Waals surface area contributed by atoms with E-state index in [9.17, 15) is 0 Å². The summed E-state index contributed by atoms with van der Waals surface area (Å²) in [5.74, 6) is 0. The van der Waals surface area contributed by atoms with Gasteiger partial charge in [0, 0.05) is 12.6 Å². The van der Waals surface area contributed by atoms with E-state index in [1.54, 1.807) is 0 Å². The second-order valence-corrected chi connectivity index (χ2v) is 6.13. The lowest BCUT2D eigenvalue weighted by Gasteiger charge is -2.24. The summed E-state index contributed by atoms with van der Waals surface area (Å²) in [5.41, 5.74) is 0. The molecule has 1 N–H and O–H groups in total. The van der Waals surface area contributed by atoms with Crippen LogP contribution in [0.4, 0.5) is 0 Å². The third-order valence-corrected chi connectivity index (χ3v) is 4.55. The third kappa shape index (κ3) is 5.71. The Bertz CT molecular complexity index is 193. The van der Waals surface area contributed by atoms with Crippen molar-refractivity contribution < 1.29 is 4.74 Å². The molecule has 0 spiro atoms. The average Bonchev–Trinajstić information content (AvgIpc) is 2.38. The van der Waals surface area contributed by atoms with Gasteiger partial charge < -0.3 is 10.1 Å².